The first-order chi connectivity index (χ1) is 11.9. The van der Waals surface area contributed by atoms with Crippen molar-refractivity contribution in [2.24, 2.45) is 0 Å². The third kappa shape index (κ3) is 3.82. The molecule has 0 radical (unpaired) electrons. The molecule has 0 atom stereocenters. The van der Waals surface area contributed by atoms with E-state index in [1.54, 1.807) is 18.2 Å². The largest absolute Gasteiger partial charge is 0.353 e. The molecule has 0 saturated carbocycles. The van der Waals surface area contributed by atoms with Gasteiger partial charge < -0.3 is 9.80 Å². The van der Waals surface area contributed by atoms with Crippen molar-refractivity contribution in [3.63, 3.8) is 0 Å². The van der Waals surface area contributed by atoms with Crippen LogP contribution >= 0.6 is 27.5 Å². The van der Waals surface area contributed by atoms with Crippen molar-refractivity contribution in [2.45, 2.75) is 20.8 Å². The van der Waals surface area contributed by atoms with E-state index in [2.05, 4.69) is 40.7 Å². The molecule has 2 heterocycles. The number of aromatic nitrogens is 1. The maximum absolute atomic E-state index is 12.8. The van der Waals surface area contributed by atoms with Crippen LogP contribution in [0.25, 0.3) is 0 Å². The number of aryl methyl sites for hydroxylation is 3. The molecule has 4 nitrogen and oxygen atoms in total. The lowest BCUT2D eigenvalue weighted by atomic mass is 10.1. The molecule has 1 aromatic heterocycles. The minimum atomic E-state index is 0.0351. The topological polar surface area (TPSA) is 36.4 Å². The Morgan fingerprint density at radius 2 is 1.76 bits per heavy atom. The molecule has 3 rings (SSSR count). The number of benzene rings is 1. The van der Waals surface area contributed by atoms with E-state index >= 15 is 0 Å². The molecule has 0 bridgehead atoms. The van der Waals surface area contributed by atoms with E-state index in [0.29, 0.717) is 23.7 Å². The van der Waals surface area contributed by atoms with Crippen molar-refractivity contribution >= 4 is 39.3 Å². The van der Waals surface area contributed by atoms with Crippen LogP contribution in [0.1, 0.15) is 27.2 Å². The summed E-state index contributed by atoms with van der Waals surface area (Å²) in [5.41, 5.74) is 4.11. The number of carbonyl (C=O) groups is 1. The number of pyridine rings is 1. The van der Waals surface area contributed by atoms with E-state index in [1.165, 1.54) is 11.1 Å². The first kappa shape index (κ1) is 18.2. The van der Waals surface area contributed by atoms with Crippen LogP contribution in [-0.2, 0) is 0 Å². The summed E-state index contributed by atoms with van der Waals surface area (Å²) in [5.74, 6) is 1.07. The van der Waals surface area contributed by atoms with E-state index in [1.807, 2.05) is 11.8 Å². The molecule has 1 aliphatic rings. The Balaban J connectivity index is 1.71. The molecular weight excluding hydrogens is 402 g/mol. The van der Waals surface area contributed by atoms with Gasteiger partial charge in [-0.15, -0.1) is 0 Å². The standard InChI is InChI=1S/C19H21BrClN3O/c1-12-10-13(2)18(22-14(12)3)23-6-8-24(9-7-23)19(25)16-5-4-15(21)11-17(16)20/h4-5,10-11H,6-9H2,1-3H3. The van der Waals surface area contributed by atoms with Gasteiger partial charge in [0, 0.05) is 41.4 Å². The molecule has 132 valence electrons. The van der Waals surface area contributed by atoms with Gasteiger partial charge in [0.15, 0.2) is 0 Å². The molecule has 0 spiro atoms. The molecule has 1 amide bonds. The summed E-state index contributed by atoms with van der Waals surface area (Å²) < 4.78 is 0.735. The van der Waals surface area contributed by atoms with Gasteiger partial charge in [0.05, 0.1) is 5.56 Å². The van der Waals surface area contributed by atoms with Gasteiger partial charge in [0.2, 0.25) is 0 Å². The zero-order chi connectivity index (χ0) is 18.1. The number of amides is 1. The highest BCUT2D eigenvalue weighted by atomic mass is 79.9. The minimum absolute atomic E-state index is 0.0351. The normalized spacial score (nSPS) is 14.8. The van der Waals surface area contributed by atoms with Crippen molar-refractivity contribution in [2.75, 3.05) is 31.1 Å². The van der Waals surface area contributed by atoms with E-state index in [4.69, 9.17) is 16.6 Å². The monoisotopic (exact) mass is 421 g/mol. The lowest BCUT2D eigenvalue weighted by Gasteiger charge is -2.36. The lowest BCUT2D eigenvalue weighted by Crippen LogP contribution is -2.49. The lowest BCUT2D eigenvalue weighted by molar-refractivity contribution is 0.0745. The molecule has 1 fully saturated rings. The average molecular weight is 423 g/mol. The summed E-state index contributed by atoms with van der Waals surface area (Å²) in [6, 6.07) is 7.46. The van der Waals surface area contributed by atoms with Crippen LogP contribution in [0.4, 0.5) is 5.82 Å². The molecular formula is C19H21BrClN3O. The summed E-state index contributed by atoms with van der Waals surface area (Å²) in [6.45, 7) is 9.15. The molecule has 25 heavy (non-hydrogen) atoms. The number of anilines is 1. The van der Waals surface area contributed by atoms with Crippen LogP contribution in [0.15, 0.2) is 28.7 Å². The summed E-state index contributed by atoms with van der Waals surface area (Å²) in [7, 11) is 0. The highest BCUT2D eigenvalue weighted by Gasteiger charge is 2.25. The van der Waals surface area contributed by atoms with E-state index in [-0.39, 0.29) is 5.91 Å². The fourth-order valence-corrected chi connectivity index (χ4v) is 3.96. The van der Waals surface area contributed by atoms with Gasteiger partial charge in [0.1, 0.15) is 5.82 Å². The Labute approximate surface area is 161 Å². The molecule has 0 aliphatic carbocycles. The number of rotatable bonds is 2. The van der Waals surface area contributed by atoms with Gasteiger partial charge in [-0.1, -0.05) is 17.7 Å². The summed E-state index contributed by atoms with van der Waals surface area (Å²) >= 11 is 9.40. The van der Waals surface area contributed by atoms with Gasteiger partial charge >= 0.3 is 0 Å². The summed E-state index contributed by atoms with van der Waals surface area (Å²) in [5, 5.41) is 0.615. The smallest absolute Gasteiger partial charge is 0.255 e. The van der Waals surface area contributed by atoms with Crippen LogP contribution in [-0.4, -0.2) is 42.0 Å². The van der Waals surface area contributed by atoms with Gasteiger partial charge in [0.25, 0.3) is 5.91 Å². The predicted octanol–water partition coefficient (Wildman–Crippen LogP) is 4.39. The SMILES string of the molecule is Cc1cc(C)c(N2CCN(C(=O)c3ccc(Cl)cc3Br)CC2)nc1C. The van der Waals surface area contributed by atoms with Crippen molar-refractivity contribution in [1.29, 1.82) is 0 Å². The number of piperazine rings is 1. The second-order valence-electron chi connectivity index (χ2n) is 6.43. The van der Waals surface area contributed by atoms with Crippen LogP contribution in [0.3, 0.4) is 0 Å². The second-order valence-corrected chi connectivity index (χ2v) is 7.73. The zero-order valence-corrected chi connectivity index (χ0v) is 17.0. The fourth-order valence-electron chi connectivity index (χ4n) is 3.10. The Kier molecular flexibility index (Phi) is 5.35. The molecule has 2 aromatic rings. The number of hydrogen-bond acceptors (Lipinski definition) is 3. The van der Waals surface area contributed by atoms with E-state index in [0.717, 1.165) is 29.1 Å². The van der Waals surface area contributed by atoms with Crippen molar-refractivity contribution in [3.05, 3.63) is 56.1 Å². The Morgan fingerprint density at radius 1 is 1.08 bits per heavy atom. The first-order valence-electron chi connectivity index (χ1n) is 8.31. The number of carbonyl (C=O) groups excluding carboxylic acids is 1. The Bertz CT molecular complexity index is 817. The van der Waals surface area contributed by atoms with Crippen molar-refractivity contribution < 1.29 is 4.79 Å². The molecule has 1 aliphatic heterocycles. The molecule has 6 heteroatoms. The molecule has 0 unspecified atom stereocenters. The Morgan fingerprint density at radius 3 is 2.40 bits per heavy atom. The van der Waals surface area contributed by atoms with Crippen molar-refractivity contribution in [1.82, 2.24) is 9.88 Å². The number of hydrogen-bond donors (Lipinski definition) is 0. The minimum Gasteiger partial charge on any atom is -0.353 e. The number of halogens is 2. The second kappa shape index (κ2) is 7.34. The molecule has 1 aromatic carbocycles. The highest BCUT2D eigenvalue weighted by Crippen LogP contribution is 2.25. The first-order valence-corrected chi connectivity index (χ1v) is 9.48. The zero-order valence-electron chi connectivity index (χ0n) is 14.6. The number of nitrogens with zero attached hydrogens (tertiary/aromatic N) is 3. The van der Waals surface area contributed by atoms with E-state index in [9.17, 15) is 4.79 Å². The Hall–Kier alpha value is -1.59. The molecule has 0 N–H and O–H groups in total. The third-order valence-electron chi connectivity index (χ3n) is 4.66. The molecule has 1 saturated heterocycles. The average Bonchev–Trinajstić information content (AvgIpc) is 2.58. The van der Waals surface area contributed by atoms with Gasteiger partial charge in [-0.3, -0.25) is 4.79 Å². The maximum Gasteiger partial charge on any atom is 0.255 e. The van der Waals surface area contributed by atoms with Crippen LogP contribution in [0.2, 0.25) is 5.02 Å². The third-order valence-corrected chi connectivity index (χ3v) is 5.55. The van der Waals surface area contributed by atoms with Gasteiger partial charge in [-0.05, 0) is 66.0 Å². The quantitative estimate of drug-likeness (QED) is 0.720. The van der Waals surface area contributed by atoms with Crippen LogP contribution < -0.4 is 4.90 Å². The maximum atomic E-state index is 12.8. The van der Waals surface area contributed by atoms with Crippen molar-refractivity contribution in [3.8, 4) is 0 Å². The van der Waals surface area contributed by atoms with Gasteiger partial charge in [-0.25, -0.2) is 4.98 Å². The fraction of sp³-hybridized carbons (Fsp3) is 0.368. The summed E-state index contributed by atoms with van der Waals surface area (Å²) in [4.78, 5) is 21.7. The highest BCUT2D eigenvalue weighted by molar-refractivity contribution is 9.10. The van der Waals surface area contributed by atoms with Gasteiger partial charge in [-0.2, -0.15) is 0 Å². The predicted molar refractivity (Wildman–Crippen MR) is 106 cm³/mol. The van der Waals surface area contributed by atoms with Crippen LogP contribution in [0, 0.1) is 20.8 Å². The van der Waals surface area contributed by atoms with Crippen LogP contribution in [0.5, 0.6) is 0 Å². The summed E-state index contributed by atoms with van der Waals surface area (Å²) in [6.07, 6.45) is 0. The van der Waals surface area contributed by atoms with E-state index < -0.39 is 0 Å².